The van der Waals surface area contributed by atoms with Crippen LogP contribution in [0.25, 0.3) is 11.1 Å². The van der Waals surface area contributed by atoms with E-state index in [4.69, 9.17) is 4.74 Å². The van der Waals surface area contributed by atoms with Gasteiger partial charge in [0.2, 0.25) is 5.91 Å². The average molecular weight is 463 g/mol. The molecular weight excluding hydrogens is 432 g/mol. The van der Waals surface area contributed by atoms with Crippen LogP contribution in [0.5, 0.6) is 0 Å². The van der Waals surface area contributed by atoms with E-state index in [0.717, 1.165) is 35.1 Å². The lowest BCUT2D eigenvalue weighted by atomic mass is 9.98. The predicted molar refractivity (Wildman–Crippen MR) is 126 cm³/mol. The van der Waals surface area contributed by atoms with Crippen molar-refractivity contribution in [2.75, 3.05) is 19.7 Å². The monoisotopic (exact) mass is 462 g/mol. The number of carboxylic acids is 1. The Morgan fingerprint density at radius 1 is 1.03 bits per heavy atom. The third-order valence-corrected chi connectivity index (χ3v) is 7.44. The van der Waals surface area contributed by atoms with E-state index in [1.54, 1.807) is 4.90 Å². The van der Waals surface area contributed by atoms with Gasteiger partial charge in [-0.2, -0.15) is 0 Å². The largest absolute Gasteiger partial charge is 0.481 e. The fraction of sp³-hybridized carbons (Fsp3) is 0.444. The third kappa shape index (κ3) is 4.39. The van der Waals surface area contributed by atoms with Gasteiger partial charge in [0.25, 0.3) is 0 Å². The molecule has 2 amide bonds. The Bertz CT molecular complexity index is 1070. The van der Waals surface area contributed by atoms with Crippen molar-refractivity contribution in [2.24, 2.45) is 17.8 Å². The van der Waals surface area contributed by atoms with Crippen molar-refractivity contribution >= 4 is 18.0 Å². The van der Waals surface area contributed by atoms with Crippen molar-refractivity contribution in [3.63, 3.8) is 0 Å². The van der Waals surface area contributed by atoms with Gasteiger partial charge < -0.3 is 20.1 Å². The standard InChI is InChI=1S/C27H30N2O5/c1-16-13-29(14-22(16)26(31)32)25(30)24(12-17-10-11-17)28-27(33)34-15-23-20-8-4-2-6-18(20)19-7-3-5-9-21(19)23/h2-9,16-17,22-24H,10-15H2,1H3,(H,28,33)(H,31,32). The van der Waals surface area contributed by atoms with Crippen molar-refractivity contribution in [1.29, 1.82) is 0 Å². The lowest BCUT2D eigenvalue weighted by molar-refractivity contribution is -0.142. The van der Waals surface area contributed by atoms with Gasteiger partial charge in [0.05, 0.1) is 5.92 Å². The first kappa shape index (κ1) is 22.4. The van der Waals surface area contributed by atoms with Crippen LogP contribution in [0.3, 0.4) is 0 Å². The molecule has 0 spiro atoms. The molecule has 34 heavy (non-hydrogen) atoms. The molecule has 0 aromatic heterocycles. The highest BCUT2D eigenvalue weighted by atomic mass is 16.5. The maximum absolute atomic E-state index is 13.2. The molecule has 2 N–H and O–H groups in total. The molecule has 3 aliphatic rings. The lowest BCUT2D eigenvalue weighted by Crippen LogP contribution is -2.48. The molecule has 1 aliphatic heterocycles. The second kappa shape index (κ2) is 9.12. The fourth-order valence-electron chi connectivity index (χ4n) is 5.38. The van der Waals surface area contributed by atoms with Crippen molar-refractivity contribution in [3.8, 4) is 11.1 Å². The molecule has 178 valence electrons. The fourth-order valence-corrected chi connectivity index (χ4v) is 5.38. The minimum atomic E-state index is -0.883. The number of nitrogens with zero attached hydrogens (tertiary/aromatic N) is 1. The van der Waals surface area contributed by atoms with Gasteiger partial charge in [0.15, 0.2) is 0 Å². The Kier molecular flexibility index (Phi) is 6.02. The molecule has 3 atom stereocenters. The summed E-state index contributed by atoms with van der Waals surface area (Å²) in [5.74, 6) is -1.41. The number of carbonyl (C=O) groups is 3. The van der Waals surface area contributed by atoms with Crippen LogP contribution < -0.4 is 5.32 Å². The summed E-state index contributed by atoms with van der Waals surface area (Å²) in [6.07, 6.45) is 2.04. The van der Waals surface area contributed by atoms with Crippen LogP contribution in [0.15, 0.2) is 48.5 Å². The lowest BCUT2D eigenvalue weighted by Gasteiger charge is -2.24. The molecule has 2 aliphatic carbocycles. The highest BCUT2D eigenvalue weighted by Gasteiger charge is 2.41. The SMILES string of the molecule is CC1CN(C(=O)C(CC2CC2)NC(=O)OCC2c3ccccc3-c3ccccc32)CC1C(=O)O. The second-order valence-electron chi connectivity index (χ2n) is 9.87. The molecule has 2 aromatic rings. The highest BCUT2D eigenvalue weighted by molar-refractivity contribution is 5.87. The summed E-state index contributed by atoms with van der Waals surface area (Å²) in [5, 5.41) is 12.2. The smallest absolute Gasteiger partial charge is 0.407 e. The van der Waals surface area contributed by atoms with E-state index in [-0.39, 0.29) is 30.9 Å². The second-order valence-corrected chi connectivity index (χ2v) is 9.87. The highest BCUT2D eigenvalue weighted by Crippen LogP contribution is 2.44. The van der Waals surface area contributed by atoms with E-state index in [0.29, 0.717) is 18.9 Å². The Morgan fingerprint density at radius 3 is 2.21 bits per heavy atom. The van der Waals surface area contributed by atoms with Crippen LogP contribution in [0, 0.1) is 17.8 Å². The number of carboxylic acid groups (broad SMARTS) is 1. The summed E-state index contributed by atoms with van der Waals surface area (Å²) in [6, 6.07) is 15.6. The first-order valence-corrected chi connectivity index (χ1v) is 12.1. The maximum atomic E-state index is 13.2. The number of alkyl carbamates (subject to hydrolysis) is 1. The summed E-state index contributed by atoms with van der Waals surface area (Å²) in [5.41, 5.74) is 4.58. The normalized spacial score (nSPS) is 22.1. The molecule has 7 heteroatoms. The number of hydrogen-bond donors (Lipinski definition) is 2. The molecule has 5 rings (SSSR count). The van der Waals surface area contributed by atoms with E-state index in [1.165, 1.54) is 0 Å². The number of rotatable bonds is 7. The maximum Gasteiger partial charge on any atom is 0.407 e. The van der Waals surface area contributed by atoms with Crippen LogP contribution in [-0.4, -0.2) is 53.7 Å². The first-order chi connectivity index (χ1) is 16.4. The summed E-state index contributed by atoms with van der Waals surface area (Å²) >= 11 is 0. The quantitative estimate of drug-likeness (QED) is 0.651. The summed E-state index contributed by atoms with van der Waals surface area (Å²) in [4.78, 5) is 39.1. The molecule has 2 aromatic carbocycles. The van der Waals surface area contributed by atoms with Crippen LogP contribution >= 0.6 is 0 Å². The zero-order valence-electron chi connectivity index (χ0n) is 19.3. The number of ether oxygens (including phenoxy) is 1. The van der Waals surface area contributed by atoms with Gasteiger partial charge in [-0.3, -0.25) is 9.59 Å². The van der Waals surface area contributed by atoms with E-state index in [9.17, 15) is 19.5 Å². The topological polar surface area (TPSA) is 95.9 Å². The minimum absolute atomic E-state index is 0.0495. The number of carbonyl (C=O) groups excluding carboxylic acids is 2. The molecule has 3 unspecified atom stereocenters. The molecule has 7 nitrogen and oxygen atoms in total. The van der Waals surface area contributed by atoms with Gasteiger partial charge in [-0.15, -0.1) is 0 Å². The van der Waals surface area contributed by atoms with Crippen molar-refractivity contribution in [2.45, 2.75) is 38.1 Å². The number of fused-ring (bicyclic) bond motifs is 3. The van der Waals surface area contributed by atoms with Crippen molar-refractivity contribution in [3.05, 3.63) is 59.7 Å². The molecule has 0 radical (unpaired) electrons. The first-order valence-electron chi connectivity index (χ1n) is 12.1. The summed E-state index contributed by atoms with van der Waals surface area (Å²) in [7, 11) is 0. The zero-order valence-corrected chi connectivity index (χ0v) is 19.3. The number of amides is 2. The van der Waals surface area contributed by atoms with E-state index in [1.807, 2.05) is 31.2 Å². The van der Waals surface area contributed by atoms with E-state index in [2.05, 4.69) is 29.6 Å². The minimum Gasteiger partial charge on any atom is -0.481 e. The number of hydrogen-bond acceptors (Lipinski definition) is 4. The Balaban J connectivity index is 1.24. The number of aliphatic carboxylic acids is 1. The number of benzene rings is 2. The van der Waals surface area contributed by atoms with Gasteiger partial charge >= 0.3 is 12.1 Å². The number of likely N-dealkylation sites (tertiary alicyclic amines) is 1. The van der Waals surface area contributed by atoms with Gasteiger partial charge in [0, 0.05) is 19.0 Å². The zero-order chi connectivity index (χ0) is 23.8. The summed E-state index contributed by atoms with van der Waals surface area (Å²) in [6.45, 7) is 2.61. The Hall–Kier alpha value is -3.35. The molecule has 0 bridgehead atoms. The van der Waals surface area contributed by atoms with Gasteiger partial charge in [-0.1, -0.05) is 68.3 Å². The Labute approximate surface area is 199 Å². The van der Waals surface area contributed by atoms with Crippen LogP contribution in [0.4, 0.5) is 4.79 Å². The van der Waals surface area contributed by atoms with E-state index < -0.39 is 24.0 Å². The molecule has 2 fully saturated rings. The number of nitrogens with one attached hydrogen (secondary N) is 1. The third-order valence-electron chi connectivity index (χ3n) is 7.44. The average Bonchev–Trinajstić information content (AvgIpc) is 3.47. The van der Waals surface area contributed by atoms with Crippen LogP contribution in [0.1, 0.15) is 43.2 Å². The van der Waals surface area contributed by atoms with Crippen LogP contribution in [-0.2, 0) is 14.3 Å². The van der Waals surface area contributed by atoms with E-state index >= 15 is 0 Å². The van der Waals surface area contributed by atoms with Gasteiger partial charge in [-0.25, -0.2) is 4.79 Å². The van der Waals surface area contributed by atoms with Crippen molar-refractivity contribution < 1.29 is 24.2 Å². The van der Waals surface area contributed by atoms with Gasteiger partial charge in [0.1, 0.15) is 12.6 Å². The van der Waals surface area contributed by atoms with Crippen molar-refractivity contribution in [1.82, 2.24) is 10.2 Å². The molecule has 1 saturated carbocycles. The molecule has 1 heterocycles. The Morgan fingerprint density at radius 2 is 1.65 bits per heavy atom. The molecule has 1 saturated heterocycles. The van der Waals surface area contributed by atoms with Crippen LogP contribution in [0.2, 0.25) is 0 Å². The predicted octanol–water partition coefficient (Wildman–Crippen LogP) is 3.87. The van der Waals surface area contributed by atoms with Gasteiger partial charge in [-0.05, 0) is 40.5 Å². The summed E-state index contributed by atoms with van der Waals surface area (Å²) < 4.78 is 5.65. The molecular formula is C27H30N2O5.